The number of non-ortho nitro benzene ring substituents is 1. The normalized spacial score (nSPS) is 14.2. The zero-order valence-electron chi connectivity index (χ0n) is 13.9. The van der Waals surface area contributed by atoms with Gasteiger partial charge in [-0.3, -0.25) is 14.9 Å². The zero-order chi connectivity index (χ0) is 18.7. The van der Waals surface area contributed by atoms with Crippen LogP contribution >= 0.6 is 0 Å². The van der Waals surface area contributed by atoms with E-state index in [1.165, 1.54) is 24.3 Å². The number of hydrogen-bond donors (Lipinski definition) is 1. The number of nitrogens with one attached hydrogen (secondary N) is 1. The molecule has 2 aromatic rings. The molecule has 26 heavy (non-hydrogen) atoms. The fourth-order valence-electron chi connectivity index (χ4n) is 3.02. The Morgan fingerprint density at radius 3 is 2.54 bits per heavy atom. The number of nitro benzene ring substituents is 1. The molecule has 0 unspecified atom stereocenters. The van der Waals surface area contributed by atoms with E-state index in [-0.39, 0.29) is 16.9 Å². The van der Waals surface area contributed by atoms with Crippen LogP contribution < -0.4 is 10.2 Å². The van der Waals surface area contributed by atoms with E-state index >= 15 is 0 Å². The largest absolute Gasteiger partial charge is 0.371 e. The number of carbonyl (C=O) groups is 1. The summed E-state index contributed by atoms with van der Waals surface area (Å²) in [4.78, 5) is 25.1. The van der Waals surface area contributed by atoms with Crippen LogP contribution in [0.4, 0.5) is 25.8 Å². The maximum atomic E-state index is 13.8. The van der Waals surface area contributed by atoms with Crippen molar-refractivity contribution < 1.29 is 18.5 Å². The molecule has 0 radical (unpaired) electrons. The summed E-state index contributed by atoms with van der Waals surface area (Å²) in [5, 5.41) is 13.4. The van der Waals surface area contributed by atoms with Gasteiger partial charge in [0.05, 0.1) is 21.9 Å². The molecule has 3 rings (SSSR count). The molecule has 1 aliphatic rings. The second-order valence-electron chi connectivity index (χ2n) is 6.06. The van der Waals surface area contributed by atoms with E-state index in [1.54, 1.807) is 0 Å². The van der Waals surface area contributed by atoms with Gasteiger partial charge < -0.3 is 10.2 Å². The van der Waals surface area contributed by atoms with E-state index in [2.05, 4.69) is 5.32 Å². The van der Waals surface area contributed by atoms with Gasteiger partial charge in [-0.15, -0.1) is 0 Å². The number of halogens is 2. The molecule has 1 aliphatic heterocycles. The second-order valence-corrected chi connectivity index (χ2v) is 6.06. The van der Waals surface area contributed by atoms with Crippen LogP contribution in [0, 0.1) is 21.7 Å². The maximum Gasteiger partial charge on any atom is 0.270 e. The van der Waals surface area contributed by atoms with Gasteiger partial charge in [-0.1, -0.05) is 6.07 Å². The summed E-state index contributed by atoms with van der Waals surface area (Å²) >= 11 is 0. The van der Waals surface area contributed by atoms with Crippen molar-refractivity contribution in [2.75, 3.05) is 23.3 Å². The third-order valence-electron chi connectivity index (χ3n) is 4.33. The van der Waals surface area contributed by atoms with E-state index in [9.17, 15) is 23.7 Å². The minimum Gasteiger partial charge on any atom is -0.371 e. The number of anilines is 2. The Kier molecular flexibility index (Phi) is 5.11. The van der Waals surface area contributed by atoms with E-state index in [1.807, 2.05) is 4.90 Å². The lowest BCUT2D eigenvalue weighted by Crippen LogP contribution is -2.31. The van der Waals surface area contributed by atoms with Crippen LogP contribution in [0.1, 0.15) is 29.6 Å². The Morgan fingerprint density at radius 2 is 1.85 bits per heavy atom. The van der Waals surface area contributed by atoms with E-state index in [0.29, 0.717) is 5.69 Å². The van der Waals surface area contributed by atoms with Crippen molar-refractivity contribution in [1.29, 1.82) is 0 Å². The molecule has 1 heterocycles. The van der Waals surface area contributed by atoms with Crippen LogP contribution in [0.15, 0.2) is 36.4 Å². The molecular formula is C18H17F2N3O3. The van der Waals surface area contributed by atoms with Gasteiger partial charge in [0.15, 0.2) is 11.6 Å². The summed E-state index contributed by atoms with van der Waals surface area (Å²) in [7, 11) is 0. The lowest BCUT2D eigenvalue weighted by molar-refractivity contribution is -0.384. The number of amides is 1. The van der Waals surface area contributed by atoms with Gasteiger partial charge in [0.25, 0.3) is 11.6 Å². The topological polar surface area (TPSA) is 75.5 Å². The van der Waals surface area contributed by atoms with Gasteiger partial charge >= 0.3 is 0 Å². The Hall–Kier alpha value is -3.03. The average Bonchev–Trinajstić information content (AvgIpc) is 2.65. The SMILES string of the molecule is O=C(Nc1cccc(F)c1F)c1cc([N+](=O)[O-])ccc1N1CCCCC1. The molecule has 136 valence electrons. The quantitative estimate of drug-likeness (QED) is 0.657. The van der Waals surface area contributed by atoms with Crippen molar-refractivity contribution in [2.24, 2.45) is 0 Å². The Labute approximate surface area is 148 Å². The fraction of sp³-hybridized carbons (Fsp3) is 0.278. The van der Waals surface area contributed by atoms with Crippen molar-refractivity contribution in [1.82, 2.24) is 0 Å². The third kappa shape index (κ3) is 3.63. The van der Waals surface area contributed by atoms with Gasteiger partial charge in [-0.05, 0) is 37.5 Å². The summed E-state index contributed by atoms with van der Waals surface area (Å²) < 4.78 is 27.2. The number of benzene rings is 2. The van der Waals surface area contributed by atoms with Crippen LogP contribution in [-0.4, -0.2) is 23.9 Å². The first-order valence-corrected chi connectivity index (χ1v) is 8.26. The number of carbonyl (C=O) groups excluding carboxylic acids is 1. The minimum absolute atomic E-state index is 0.0600. The summed E-state index contributed by atoms with van der Waals surface area (Å²) in [6.07, 6.45) is 2.99. The van der Waals surface area contributed by atoms with Crippen LogP contribution in [0.25, 0.3) is 0 Å². The smallest absolute Gasteiger partial charge is 0.270 e. The van der Waals surface area contributed by atoms with E-state index < -0.39 is 22.5 Å². The molecule has 1 fully saturated rings. The van der Waals surface area contributed by atoms with Gasteiger partial charge in [0.1, 0.15) is 0 Å². The van der Waals surface area contributed by atoms with Crippen molar-refractivity contribution in [3.8, 4) is 0 Å². The number of nitro groups is 1. The summed E-state index contributed by atoms with van der Waals surface area (Å²) in [6.45, 7) is 1.46. The summed E-state index contributed by atoms with van der Waals surface area (Å²) in [5.41, 5.74) is 0.0519. The summed E-state index contributed by atoms with van der Waals surface area (Å²) in [5.74, 6) is -2.98. The highest BCUT2D eigenvalue weighted by Crippen LogP contribution is 2.29. The van der Waals surface area contributed by atoms with Crippen molar-refractivity contribution in [2.45, 2.75) is 19.3 Å². The highest BCUT2D eigenvalue weighted by Gasteiger charge is 2.23. The fourth-order valence-corrected chi connectivity index (χ4v) is 3.02. The predicted octanol–water partition coefficient (Wildman–Crippen LogP) is 4.12. The number of nitrogens with zero attached hydrogens (tertiary/aromatic N) is 2. The monoisotopic (exact) mass is 361 g/mol. The maximum absolute atomic E-state index is 13.8. The van der Waals surface area contributed by atoms with Gasteiger partial charge in [-0.25, -0.2) is 8.78 Å². The Morgan fingerprint density at radius 1 is 1.12 bits per heavy atom. The molecule has 0 bridgehead atoms. The first kappa shape index (κ1) is 17.8. The van der Waals surface area contributed by atoms with Crippen molar-refractivity contribution >= 4 is 23.0 Å². The lowest BCUT2D eigenvalue weighted by Gasteiger charge is -2.30. The standard InChI is InChI=1S/C18H17F2N3O3/c19-14-5-4-6-15(17(14)20)21-18(24)13-11-12(23(25)26)7-8-16(13)22-9-2-1-3-10-22/h4-8,11H,1-3,9-10H2,(H,21,24). The molecule has 1 amide bonds. The zero-order valence-corrected chi connectivity index (χ0v) is 13.9. The molecular weight excluding hydrogens is 344 g/mol. The second kappa shape index (κ2) is 7.47. The highest BCUT2D eigenvalue weighted by molar-refractivity contribution is 6.08. The van der Waals surface area contributed by atoms with Crippen LogP contribution in [0.5, 0.6) is 0 Å². The molecule has 6 nitrogen and oxygen atoms in total. The van der Waals surface area contributed by atoms with Crippen LogP contribution in [0.2, 0.25) is 0 Å². The first-order chi connectivity index (χ1) is 12.5. The van der Waals surface area contributed by atoms with Gasteiger partial charge in [0, 0.05) is 25.2 Å². The predicted molar refractivity (Wildman–Crippen MR) is 93.5 cm³/mol. The van der Waals surface area contributed by atoms with E-state index in [4.69, 9.17) is 0 Å². The van der Waals surface area contributed by atoms with Gasteiger partial charge in [-0.2, -0.15) is 0 Å². The molecule has 0 aliphatic carbocycles. The van der Waals surface area contributed by atoms with Crippen molar-refractivity contribution in [3.63, 3.8) is 0 Å². The van der Waals surface area contributed by atoms with E-state index in [0.717, 1.165) is 44.5 Å². The molecule has 8 heteroatoms. The lowest BCUT2D eigenvalue weighted by atomic mass is 10.1. The highest BCUT2D eigenvalue weighted by atomic mass is 19.2. The Balaban J connectivity index is 1.97. The first-order valence-electron chi connectivity index (χ1n) is 8.26. The summed E-state index contributed by atoms with van der Waals surface area (Å²) in [6, 6.07) is 7.47. The average molecular weight is 361 g/mol. The molecule has 1 saturated heterocycles. The number of hydrogen-bond acceptors (Lipinski definition) is 4. The molecule has 2 aromatic carbocycles. The molecule has 0 atom stereocenters. The molecule has 0 aromatic heterocycles. The third-order valence-corrected chi connectivity index (χ3v) is 4.33. The number of piperidine rings is 1. The minimum atomic E-state index is -1.18. The Bertz CT molecular complexity index is 852. The van der Waals surface area contributed by atoms with Crippen LogP contribution in [0.3, 0.4) is 0 Å². The molecule has 1 N–H and O–H groups in total. The number of rotatable bonds is 4. The molecule has 0 spiro atoms. The molecule has 0 saturated carbocycles. The van der Waals surface area contributed by atoms with Crippen molar-refractivity contribution in [3.05, 3.63) is 63.7 Å². The van der Waals surface area contributed by atoms with Crippen LogP contribution in [-0.2, 0) is 0 Å². The van der Waals surface area contributed by atoms with Gasteiger partial charge in [0.2, 0.25) is 0 Å².